The number of halogens is 2. The first-order chi connectivity index (χ1) is 24.5. The Bertz CT molecular complexity index is 1890. The van der Waals surface area contributed by atoms with E-state index in [0.717, 1.165) is 38.5 Å². The van der Waals surface area contributed by atoms with E-state index < -0.39 is 37.6 Å². The van der Waals surface area contributed by atoms with Gasteiger partial charge in [0.1, 0.15) is 0 Å². The fourth-order valence-electron chi connectivity index (χ4n) is 9.47. The number of hydrogen-bond acceptors (Lipinski definition) is 0. The van der Waals surface area contributed by atoms with Gasteiger partial charge in [-0.25, -0.2) is 0 Å². The van der Waals surface area contributed by atoms with Gasteiger partial charge in [0.25, 0.3) is 0 Å². The van der Waals surface area contributed by atoms with Gasteiger partial charge in [-0.1, -0.05) is 0 Å². The van der Waals surface area contributed by atoms with E-state index in [2.05, 4.69) is 163 Å². The second-order valence-corrected chi connectivity index (χ2v) is 70.7. The predicted molar refractivity (Wildman–Crippen MR) is 241 cm³/mol. The molecule has 0 bridgehead atoms. The number of hydrogen-bond donors (Lipinski definition) is 0. The Morgan fingerprint density at radius 1 is 0.538 bits per heavy atom. The van der Waals surface area contributed by atoms with Crippen molar-refractivity contribution in [1.82, 2.24) is 0 Å². The first kappa shape index (κ1) is 40.1. The zero-order valence-electron chi connectivity index (χ0n) is 33.5. The van der Waals surface area contributed by atoms with Crippen molar-refractivity contribution in [2.24, 2.45) is 0 Å². The van der Waals surface area contributed by atoms with E-state index in [1.54, 1.807) is 0 Å². The molecule has 0 amide bonds. The Morgan fingerprint density at radius 2 is 0.904 bits per heavy atom. The molecule has 0 spiro atoms. The third-order valence-corrected chi connectivity index (χ3v) is 68.2. The topological polar surface area (TPSA) is 0 Å². The summed E-state index contributed by atoms with van der Waals surface area (Å²) in [5.41, 5.74) is 14.1. The molecule has 0 aliphatic heterocycles. The quantitative estimate of drug-likeness (QED) is 0.118. The number of benzene rings is 4. The van der Waals surface area contributed by atoms with Crippen molar-refractivity contribution >= 4 is 61.6 Å². The summed E-state index contributed by atoms with van der Waals surface area (Å²) >= 11 is -4.92. The monoisotopic (exact) mass is 857 g/mol. The van der Waals surface area contributed by atoms with Crippen LogP contribution >= 0.6 is 17.0 Å². The summed E-state index contributed by atoms with van der Waals surface area (Å²) in [7, 11) is 14.6. The number of rotatable bonds is 13. The molecular weight excluding hydrogens is 799 g/mol. The molecule has 2 aliphatic carbocycles. The zero-order valence-corrected chi connectivity index (χ0v) is 40.6. The fourth-order valence-corrected chi connectivity index (χ4v) is 44.2. The molecule has 52 heavy (non-hydrogen) atoms. The van der Waals surface area contributed by atoms with Crippen LogP contribution in [0.1, 0.15) is 81.9 Å². The molecular formula is C46H61Cl2Si3Zr. The molecule has 6 rings (SSSR count). The van der Waals surface area contributed by atoms with E-state index in [4.69, 9.17) is 17.0 Å². The van der Waals surface area contributed by atoms with E-state index in [0.29, 0.717) is 0 Å². The molecule has 0 heterocycles. The number of unbranched alkanes of at least 4 members (excludes halogenated alkanes) is 2. The van der Waals surface area contributed by atoms with Crippen LogP contribution in [0.2, 0.25) is 52.4 Å². The minimum absolute atomic E-state index is 0.121. The van der Waals surface area contributed by atoms with Crippen molar-refractivity contribution in [3.05, 3.63) is 118 Å². The molecule has 0 saturated heterocycles. The Labute approximate surface area is 327 Å². The van der Waals surface area contributed by atoms with Crippen LogP contribution in [0.4, 0.5) is 0 Å². The van der Waals surface area contributed by atoms with Gasteiger partial charge in [-0.15, -0.1) is 0 Å². The van der Waals surface area contributed by atoms with Gasteiger partial charge in [0.2, 0.25) is 0 Å². The fraction of sp³-hybridized carbons (Fsp3) is 0.391. The van der Waals surface area contributed by atoms with Crippen LogP contribution < -0.4 is 10.4 Å². The third-order valence-electron chi connectivity index (χ3n) is 12.2. The van der Waals surface area contributed by atoms with E-state index in [9.17, 15) is 0 Å². The van der Waals surface area contributed by atoms with Crippen molar-refractivity contribution in [3.8, 4) is 22.3 Å². The molecule has 0 N–H and O–H groups in total. The summed E-state index contributed by atoms with van der Waals surface area (Å²) in [4.78, 5) is 0. The standard InChI is InChI=1S/2C22H27Si.C2H7Si.2ClH.Zr/c2*1-5-6-10-17-15-18-11-9-13-19(21(18)16-17)20-12-7-8-14-22(20)23(2,3)4;1-3-2;;;/h2*7-9,11-16H,5-6,10H2,1-4H3;3H,1-2H3;2*1H;/q;;;;;+2/p-2. The van der Waals surface area contributed by atoms with E-state index in [1.807, 2.05) is 0 Å². The Balaban J connectivity index is 1.62. The minimum atomic E-state index is -4.92. The number of allylic oxidation sites excluding steroid dienone is 2. The van der Waals surface area contributed by atoms with Crippen LogP contribution in [0.15, 0.2) is 96.1 Å². The van der Waals surface area contributed by atoms with E-state index in [-0.39, 0.29) is 7.25 Å². The van der Waals surface area contributed by atoms with Gasteiger partial charge in [-0.05, 0) is 0 Å². The Hall–Kier alpha value is -1.53. The average Bonchev–Trinajstić information content (AvgIpc) is 3.68. The van der Waals surface area contributed by atoms with Gasteiger partial charge >= 0.3 is 330 Å². The molecule has 2 atom stereocenters. The van der Waals surface area contributed by atoms with Crippen LogP contribution in [0.3, 0.4) is 0 Å². The van der Waals surface area contributed by atoms with Crippen molar-refractivity contribution in [2.75, 3.05) is 0 Å². The molecule has 0 saturated carbocycles. The molecule has 2 aliphatic rings. The first-order valence-corrected chi connectivity index (χ1v) is 43.3. The van der Waals surface area contributed by atoms with Crippen molar-refractivity contribution < 1.29 is 15.6 Å². The molecule has 4 aromatic carbocycles. The molecule has 0 aromatic heterocycles. The normalized spacial score (nSPS) is 18.1. The summed E-state index contributed by atoms with van der Waals surface area (Å²) in [5.74, 6) is -1.67. The summed E-state index contributed by atoms with van der Waals surface area (Å²) in [6.45, 7) is 24.5. The van der Waals surface area contributed by atoms with Crippen molar-refractivity contribution in [2.45, 2.75) is 112 Å². The average molecular weight is 860 g/mol. The maximum absolute atomic E-state index is 8.92. The molecule has 6 heteroatoms. The first-order valence-electron chi connectivity index (χ1n) is 20.0. The van der Waals surface area contributed by atoms with E-state index >= 15 is 0 Å². The Morgan fingerprint density at radius 3 is 1.25 bits per heavy atom. The number of fused-ring (bicyclic) bond motifs is 2. The summed E-state index contributed by atoms with van der Waals surface area (Å²) in [6, 6.07) is 32.6. The van der Waals surface area contributed by atoms with Crippen LogP contribution in [0.25, 0.3) is 34.4 Å². The van der Waals surface area contributed by atoms with Gasteiger partial charge in [0.15, 0.2) is 0 Å². The molecule has 2 unspecified atom stereocenters. The van der Waals surface area contributed by atoms with Crippen molar-refractivity contribution in [1.29, 1.82) is 0 Å². The molecule has 0 fully saturated rings. The van der Waals surface area contributed by atoms with Gasteiger partial charge in [0.05, 0.1) is 0 Å². The van der Waals surface area contributed by atoms with Crippen molar-refractivity contribution in [3.63, 3.8) is 0 Å². The summed E-state index contributed by atoms with van der Waals surface area (Å²) < 4.78 is 0.242. The third kappa shape index (κ3) is 7.05. The predicted octanol–water partition coefficient (Wildman–Crippen LogP) is 14.0. The van der Waals surface area contributed by atoms with Gasteiger partial charge < -0.3 is 0 Å². The zero-order chi connectivity index (χ0) is 37.7. The van der Waals surface area contributed by atoms with Crippen LogP contribution in [0.5, 0.6) is 0 Å². The van der Waals surface area contributed by atoms with Crippen LogP contribution in [-0.4, -0.2) is 22.1 Å². The summed E-state index contributed by atoms with van der Waals surface area (Å²) in [5, 5.41) is 3.05. The SMILES string of the molecule is CCCCC1=Cc2c(-c3ccccc3[Si](C)(C)C)cccc2[CH]1[Zr]([Cl])([Cl])([CH]1C(CCCC)=Cc2c(-c3ccccc3[Si](C)(C)C)cccc21)[SiH](C)C. The second kappa shape index (κ2) is 15.2. The van der Waals surface area contributed by atoms with E-state index in [1.165, 1.54) is 66.0 Å². The van der Waals surface area contributed by atoms with Crippen LogP contribution in [0, 0.1) is 0 Å². The Kier molecular flexibility index (Phi) is 11.7. The molecule has 0 nitrogen and oxygen atoms in total. The molecule has 4 aromatic rings. The second-order valence-electron chi connectivity index (χ2n) is 18.1. The molecule has 0 radical (unpaired) electrons. The van der Waals surface area contributed by atoms with Gasteiger partial charge in [0, 0.05) is 0 Å². The van der Waals surface area contributed by atoms with Gasteiger partial charge in [-0.2, -0.15) is 0 Å². The molecule has 275 valence electrons. The maximum atomic E-state index is 8.92. The van der Waals surface area contributed by atoms with Crippen LogP contribution in [-0.2, 0) is 15.6 Å². The summed E-state index contributed by atoms with van der Waals surface area (Å²) in [6.07, 6.45) is 11.9. The van der Waals surface area contributed by atoms with Gasteiger partial charge in [-0.3, -0.25) is 0 Å².